The summed E-state index contributed by atoms with van der Waals surface area (Å²) >= 11 is 1.36. The third kappa shape index (κ3) is 3.72. The highest BCUT2D eigenvalue weighted by atomic mass is 32.1. The number of hydrogen-bond donors (Lipinski definition) is 1. The number of aromatic nitrogens is 2. The minimum atomic E-state index is -0.647. The van der Waals surface area contributed by atoms with Gasteiger partial charge in [0.05, 0.1) is 12.0 Å². The molecule has 0 fully saturated rings. The van der Waals surface area contributed by atoms with Gasteiger partial charge in [0, 0.05) is 18.0 Å². The average Bonchev–Trinajstić information content (AvgIpc) is 3.44. The van der Waals surface area contributed by atoms with E-state index in [0.29, 0.717) is 27.8 Å². The molecule has 2 aliphatic heterocycles. The maximum absolute atomic E-state index is 13.7. The Labute approximate surface area is 195 Å². The van der Waals surface area contributed by atoms with Gasteiger partial charge in [-0.25, -0.2) is 0 Å². The lowest BCUT2D eigenvalue weighted by molar-refractivity contribution is -0.119. The van der Waals surface area contributed by atoms with Crippen LogP contribution in [-0.2, 0) is 10.2 Å². The van der Waals surface area contributed by atoms with Crippen molar-refractivity contribution < 1.29 is 19.1 Å². The van der Waals surface area contributed by atoms with Crippen molar-refractivity contribution >= 4 is 28.3 Å². The second kappa shape index (κ2) is 7.84. The first-order valence-electron chi connectivity index (χ1n) is 10.6. The molecule has 0 radical (unpaired) electrons. The van der Waals surface area contributed by atoms with Gasteiger partial charge in [0.15, 0.2) is 11.5 Å². The number of nitrogens with one attached hydrogen (secondary N) is 1. The van der Waals surface area contributed by atoms with Crippen LogP contribution in [0.2, 0.25) is 0 Å². The summed E-state index contributed by atoms with van der Waals surface area (Å²) in [5, 5.41) is 12.6. The standard InChI is InChI=1S/C24H24N4O4S/c1-24(2,3)22-26-27-23(33-22)25-20(29)18-14-7-5-6-8-15(14)21(30)28(4)19(18)13-9-10-16-17(11-13)32-12-31-16/h5-11,18-19H,12H2,1-4H3,(H,25,27,29)/t18-,19+/m1/s1. The van der Waals surface area contributed by atoms with Crippen LogP contribution in [0.15, 0.2) is 42.5 Å². The van der Waals surface area contributed by atoms with Crippen molar-refractivity contribution in [1.82, 2.24) is 15.1 Å². The van der Waals surface area contributed by atoms with Gasteiger partial charge in [-0.2, -0.15) is 0 Å². The van der Waals surface area contributed by atoms with E-state index in [2.05, 4.69) is 15.5 Å². The van der Waals surface area contributed by atoms with Crippen LogP contribution in [0.5, 0.6) is 11.5 Å². The van der Waals surface area contributed by atoms with Gasteiger partial charge in [-0.15, -0.1) is 10.2 Å². The molecule has 0 unspecified atom stereocenters. The number of carbonyl (C=O) groups is 2. The van der Waals surface area contributed by atoms with Crippen molar-refractivity contribution in [3.63, 3.8) is 0 Å². The summed E-state index contributed by atoms with van der Waals surface area (Å²) in [4.78, 5) is 28.5. The molecule has 1 N–H and O–H groups in total. The quantitative estimate of drug-likeness (QED) is 0.627. The number of ether oxygens (including phenoxy) is 2. The fourth-order valence-electron chi connectivity index (χ4n) is 4.23. The third-order valence-corrected chi connectivity index (χ3v) is 7.16. The summed E-state index contributed by atoms with van der Waals surface area (Å²) in [6.07, 6.45) is 0. The Hall–Kier alpha value is -3.46. The normalized spacial score (nSPS) is 19.4. The third-order valence-electron chi connectivity index (χ3n) is 5.90. The number of anilines is 1. The van der Waals surface area contributed by atoms with Crippen molar-refractivity contribution in [2.45, 2.75) is 38.1 Å². The van der Waals surface area contributed by atoms with Gasteiger partial charge < -0.3 is 14.4 Å². The molecule has 5 rings (SSSR count). The lowest BCUT2D eigenvalue weighted by atomic mass is 9.79. The maximum atomic E-state index is 13.7. The molecule has 0 saturated carbocycles. The van der Waals surface area contributed by atoms with Crippen LogP contribution < -0.4 is 14.8 Å². The first kappa shape index (κ1) is 21.4. The number of benzene rings is 2. The van der Waals surface area contributed by atoms with Gasteiger partial charge in [-0.05, 0) is 29.3 Å². The monoisotopic (exact) mass is 464 g/mol. The molecule has 0 saturated heterocycles. The van der Waals surface area contributed by atoms with Crippen LogP contribution in [0.25, 0.3) is 0 Å². The Bertz CT molecular complexity index is 1250. The molecule has 3 heterocycles. The molecule has 8 nitrogen and oxygen atoms in total. The van der Waals surface area contributed by atoms with E-state index in [1.807, 2.05) is 51.1 Å². The summed E-state index contributed by atoms with van der Waals surface area (Å²) in [5.41, 5.74) is 1.82. The molecule has 2 aliphatic rings. The fourth-order valence-corrected chi connectivity index (χ4v) is 5.03. The number of amides is 2. The van der Waals surface area contributed by atoms with Crippen LogP contribution in [0.1, 0.15) is 59.2 Å². The fraction of sp³-hybridized carbons (Fsp3) is 0.333. The minimum absolute atomic E-state index is 0.136. The van der Waals surface area contributed by atoms with E-state index in [0.717, 1.165) is 10.6 Å². The molecule has 170 valence electrons. The predicted octanol–water partition coefficient (Wildman–Crippen LogP) is 4.11. The van der Waals surface area contributed by atoms with Crippen LogP contribution >= 0.6 is 11.3 Å². The van der Waals surface area contributed by atoms with Gasteiger partial charge in [0.25, 0.3) is 5.91 Å². The molecule has 33 heavy (non-hydrogen) atoms. The second-order valence-corrected chi connectivity index (χ2v) is 10.2. The Morgan fingerprint density at radius 2 is 1.88 bits per heavy atom. The van der Waals surface area contributed by atoms with Crippen molar-refractivity contribution in [1.29, 1.82) is 0 Å². The molecule has 2 atom stereocenters. The number of nitrogens with zero attached hydrogens (tertiary/aromatic N) is 3. The predicted molar refractivity (Wildman–Crippen MR) is 124 cm³/mol. The topological polar surface area (TPSA) is 93.7 Å². The molecule has 3 aromatic rings. The van der Waals surface area contributed by atoms with Crippen LogP contribution in [0.3, 0.4) is 0 Å². The van der Waals surface area contributed by atoms with E-state index >= 15 is 0 Å². The van der Waals surface area contributed by atoms with Crippen LogP contribution in [-0.4, -0.2) is 40.8 Å². The zero-order chi connectivity index (χ0) is 23.3. The number of hydrogen-bond acceptors (Lipinski definition) is 7. The second-order valence-electron chi connectivity index (χ2n) is 9.19. The Kier molecular flexibility index (Phi) is 5.08. The van der Waals surface area contributed by atoms with Gasteiger partial charge in [0.1, 0.15) is 5.01 Å². The highest BCUT2D eigenvalue weighted by Crippen LogP contribution is 2.45. The van der Waals surface area contributed by atoms with Gasteiger partial charge in [-0.3, -0.25) is 14.9 Å². The van der Waals surface area contributed by atoms with E-state index in [1.165, 1.54) is 11.3 Å². The Balaban J connectivity index is 1.56. The SMILES string of the molecule is CN1C(=O)c2ccccc2[C@@H](C(=O)Nc2nnc(C(C)(C)C)s2)[C@@H]1c1ccc2c(c1)OCO2. The van der Waals surface area contributed by atoms with Crippen LogP contribution in [0, 0.1) is 0 Å². The van der Waals surface area contributed by atoms with Crippen molar-refractivity contribution in [2.24, 2.45) is 0 Å². The smallest absolute Gasteiger partial charge is 0.254 e. The molecule has 0 aliphatic carbocycles. The first-order chi connectivity index (χ1) is 15.7. The summed E-state index contributed by atoms with van der Waals surface area (Å²) < 4.78 is 11.0. The Morgan fingerprint density at radius 3 is 2.64 bits per heavy atom. The number of fused-ring (bicyclic) bond motifs is 2. The van der Waals surface area contributed by atoms with Gasteiger partial charge in [-0.1, -0.05) is 56.4 Å². The Morgan fingerprint density at radius 1 is 1.12 bits per heavy atom. The lowest BCUT2D eigenvalue weighted by Gasteiger charge is -2.39. The maximum Gasteiger partial charge on any atom is 0.254 e. The summed E-state index contributed by atoms with van der Waals surface area (Å²) in [7, 11) is 1.72. The average molecular weight is 465 g/mol. The van der Waals surface area contributed by atoms with Crippen molar-refractivity contribution in [3.8, 4) is 11.5 Å². The van der Waals surface area contributed by atoms with Crippen LogP contribution in [0.4, 0.5) is 5.13 Å². The van der Waals surface area contributed by atoms with Gasteiger partial charge in [0.2, 0.25) is 17.8 Å². The van der Waals surface area contributed by atoms with E-state index in [9.17, 15) is 9.59 Å². The van der Waals surface area contributed by atoms with E-state index in [1.54, 1.807) is 24.1 Å². The zero-order valence-electron chi connectivity index (χ0n) is 18.8. The molecule has 9 heteroatoms. The van der Waals surface area contributed by atoms with E-state index in [4.69, 9.17) is 9.47 Å². The molecule has 1 aromatic heterocycles. The molecular formula is C24H24N4O4S. The lowest BCUT2D eigenvalue weighted by Crippen LogP contribution is -2.44. The highest BCUT2D eigenvalue weighted by molar-refractivity contribution is 7.15. The molecule has 0 spiro atoms. The summed E-state index contributed by atoms with van der Waals surface area (Å²) in [6, 6.07) is 12.2. The first-order valence-corrected chi connectivity index (χ1v) is 11.5. The summed E-state index contributed by atoms with van der Waals surface area (Å²) in [5.74, 6) is 0.217. The molecule has 2 amide bonds. The molecular weight excluding hydrogens is 440 g/mol. The summed E-state index contributed by atoms with van der Waals surface area (Å²) in [6.45, 7) is 6.30. The van der Waals surface area contributed by atoms with Gasteiger partial charge >= 0.3 is 0 Å². The highest BCUT2D eigenvalue weighted by Gasteiger charge is 2.43. The number of carbonyl (C=O) groups excluding carboxylic acids is 2. The number of likely N-dealkylation sites (N-methyl/N-ethyl adjacent to an activating group) is 1. The molecule has 0 bridgehead atoms. The minimum Gasteiger partial charge on any atom is -0.454 e. The molecule has 2 aromatic carbocycles. The van der Waals surface area contributed by atoms with E-state index in [-0.39, 0.29) is 24.0 Å². The number of rotatable bonds is 3. The largest absolute Gasteiger partial charge is 0.454 e. The zero-order valence-corrected chi connectivity index (χ0v) is 19.6. The van der Waals surface area contributed by atoms with E-state index < -0.39 is 12.0 Å². The van der Waals surface area contributed by atoms with Crippen molar-refractivity contribution in [3.05, 3.63) is 64.2 Å². The van der Waals surface area contributed by atoms with Crippen molar-refractivity contribution in [2.75, 3.05) is 19.2 Å².